The van der Waals surface area contributed by atoms with Gasteiger partial charge in [-0.25, -0.2) is 4.79 Å². The third kappa shape index (κ3) is 2.23. The van der Waals surface area contributed by atoms with E-state index in [0.717, 1.165) is 11.8 Å². The molecule has 4 N–H and O–H groups in total. The van der Waals surface area contributed by atoms with E-state index in [9.17, 15) is 9.59 Å². The molecule has 22 heavy (non-hydrogen) atoms. The second-order valence-electron chi connectivity index (χ2n) is 4.40. The van der Waals surface area contributed by atoms with Crippen molar-refractivity contribution >= 4 is 28.6 Å². The molecule has 0 bridgehead atoms. The van der Waals surface area contributed by atoms with E-state index in [0.29, 0.717) is 16.5 Å². The number of thiocyanates is 1. The number of hydrogen-bond acceptors (Lipinski definition) is 6. The fraction of sp³-hybridized carbons (Fsp3) is 0. The number of nitrogens with zero attached hydrogens (tertiary/aromatic N) is 2. The number of H-pyrrole nitrogens is 2. The van der Waals surface area contributed by atoms with Gasteiger partial charge < -0.3 is 10.7 Å². The summed E-state index contributed by atoms with van der Waals surface area (Å²) in [6.07, 6.45) is 0. The first kappa shape index (κ1) is 13.9. The Morgan fingerprint density at radius 1 is 1.18 bits per heavy atom. The van der Waals surface area contributed by atoms with Crippen LogP contribution in [0.5, 0.6) is 0 Å². The second-order valence-corrected chi connectivity index (χ2v) is 5.19. The first-order chi connectivity index (χ1) is 10.6. The average Bonchev–Trinajstić information content (AvgIpc) is 2.49. The van der Waals surface area contributed by atoms with Crippen LogP contribution in [-0.2, 0) is 0 Å². The summed E-state index contributed by atoms with van der Waals surface area (Å²) in [7, 11) is 0. The fourth-order valence-electron chi connectivity index (χ4n) is 2.25. The molecule has 7 nitrogen and oxygen atoms in total. The molecular weight excluding hydrogens is 302 g/mol. The number of benzene rings is 1. The number of hydrogen-bond donors (Lipinski definition) is 3. The highest BCUT2D eigenvalue weighted by atomic mass is 32.2. The number of thioether (sulfide) groups is 1. The van der Waals surface area contributed by atoms with Crippen LogP contribution in [0.15, 0.2) is 44.8 Å². The van der Waals surface area contributed by atoms with Gasteiger partial charge in [0.15, 0.2) is 0 Å². The normalized spacial score (nSPS) is 10.5. The molecule has 3 rings (SSSR count). The minimum atomic E-state index is -0.652. The van der Waals surface area contributed by atoms with Gasteiger partial charge in [0.2, 0.25) is 0 Å². The molecule has 2 aromatic heterocycles. The SMILES string of the molecule is N#CSc1c(-c2ccccc2)c2c(N)[nH]c(=O)nc2[nH]c1=O. The summed E-state index contributed by atoms with van der Waals surface area (Å²) in [5.41, 5.74) is 6.03. The summed E-state index contributed by atoms with van der Waals surface area (Å²) in [6.45, 7) is 0. The van der Waals surface area contributed by atoms with Gasteiger partial charge in [-0.05, 0) is 17.3 Å². The maximum absolute atomic E-state index is 12.2. The van der Waals surface area contributed by atoms with Crippen molar-refractivity contribution in [3.63, 3.8) is 0 Å². The van der Waals surface area contributed by atoms with E-state index in [1.807, 2.05) is 11.5 Å². The molecule has 0 aliphatic carbocycles. The molecular formula is C14H9N5O2S. The zero-order valence-electron chi connectivity index (χ0n) is 11.1. The maximum Gasteiger partial charge on any atom is 0.348 e. The summed E-state index contributed by atoms with van der Waals surface area (Å²) >= 11 is 0.738. The standard InChI is InChI=1S/C14H9N5O2S/c15-6-22-10-8(7-4-2-1-3-5-7)9-11(16)17-14(21)19-12(9)18-13(10)20/h1-5H,(H4,16,17,18,19,20,21). The Labute approximate surface area is 127 Å². The Morgan fingerprint density at radius 2 is 1.91 bits per heavy atom. The van der Waals surface area contributed by atoms with Gasteiger partial charge in [0.1, 0.15) is 16.9 Å². The minimum absolute atomic E-state index is 0.0879. The largest absolute Gasteiger partial charge is 0.385 e. The van der Waals surface area contributed by atoms with E-state index in [1.54, 1.807) is 24.3 Å². The van der Waals surface area contributed by atoms with Crippen LogP contribution in [0, 0.1) is 10.7 Å². The number of anilines is 1. The molecule has 108 valence electrons. The quantitative estimate of drug-likeness (QED) is 0.485. The van der Waals surface area contributed by atoms with Crippen LogP contribution in [0.3, 0.4) is 0 Å². The smallest absolute Gasteiger partial charge is 0.348 e. The molecule has 0 aliphatic rings. The molecule has 0 radical (unpaired) electrons. The lowest BCUT2D eigenvalue weighted by Gasteiger charge is -2.11. The van der Waals surface area contributed by atoms with Gasteiger partial charge in [-0.2, -0.15) is 10.2 Å². The van der Waals surface area contributed by atoms with E-state index in [1.165, 1.54) is 0 Å². The van der Waals surface area contributed by atoms with Crippen LogP contribution in [0.1, 0.15) is 0 Å². The lowest BCUT2D eigenvalue weighted by atomic mass is 10.0. The van der Waals surface area contributed by atoms with Crippen LogP contribution in [0.4, 0.5) is 5.82 Å². The Hall–Kier alpha value is -3.05. The van der Waals surface area contributed by atoms with Crippen LogP contribution < -0.4 is 17.0 Å². The van der Waals surface area contributed by atoms with Crippen molar-refractivity contribution in [2.24, 2.45) is 0 Å². The summed E-state index contributed by atoms with van der Waals surface area (Å²) in [5.74, 6) is 0.0879. The van der Waals surface area contributed by atoms with Crippen LogP contribution in [0.2, 0.25) is 0 Å². The fourth-order valence-corrected chi connectivity index (χ4v) is 2.81. The molecule has 2 heterocycles. The second kappa shape index (κ2) is 5.38. The number of aromatic nitrogens is 3. The number of nitrogens with one attached hydrogen (secondary N) is 2. The van der Waals surface area contributed by atoms with Gasteiger partial charge >= 0.3 is 5.69 Å². The molecule has 3 aromatic rings. The van der Waals surface area contributed by atoms with Crippen molar-refractivity contribution in [1.29, 1.82) is 5.26 Å². The Morgan fingerprint density at radius 3 is 2.59 bits per heavy atom. The van der Waals surface area contributed by atoms with E-state index < -0.39 is 11.2 Å². The topological polar surface area (TPSA) is 128 Å². The molecule has 0 fully saturated rings. The van der Waals surface area contributed by atoms with Crippen molar-refractivity contribution in [1.82, 2.24) is 15.0 Å². The number of nitrogen functional groups attached to an aromatic ring is 1. The van der Waals surface area contributed by atoms with Crippen LogP contribution in [-0.4, -0.2) is 15.0 Å². The number of nitrogens with two attached hydrogens (primary N) is 1. The number of rotatable bonds is 2. The van der Waals surface area contributed by atoms with Gasteiger partial charge in [0, 0.05) is 5.56 Å². The highest BCUT2D eigenvalue weighted by Gasteiger charge is 2.18. The van der Waals surface area contributed by atoms with Crippen LogP contribution in [0.25, 0.3) is 22.2 Å². The Bertz CT molecular complexity index is 1020. The number of fused-ring (bicyclic) bond motifs is 1. The van der Waals surface area contributed by atoms with Gasteiger partial charge in [0.25, 0.3) is 5.56 Å². The lowest BCUT2D eigenvalue weighted by molar-refractivity contribution is 1.08. The highest BCUT2D eigenvalue weighted by molar-refractivity contribution is 8.03. The Kier molecular flexibility index (Phi) is 3.40. The van der Waals surface area contributed by atoms with Gasteiger partial charge in [-0.15, -0.1) is 0 Å². The zero-order valence-corrected chi connectivity index (χ0v) is 11.9. The van der Waals surface area contributed by atoms with E-state index in [2.05, 4.69) is 15.0 Å². The molecule has 1 aromatic carbocycles. The predicted octanol–water partition coefficient (Wildman–Crippen LogP) is 1.43. The van der Waals surface area contributed by atoms with E-state index in [4.69, 9.17) is 11.0 Å². The monoisotopic (exact) mass is 311 g/mol. The number of aromatic amines is 2. The van der Waals surface area contributed by atoms with Gasteiger partial charge in [-0.1, -0.05) is 30.3 Å². The van der Waals surface area contributed by atoms with Crippen molar-refractivity contribution < 1.29 is 0 Å². The van der Waals surface area contributed by atoms with Crippen molar-refractivity contribution in [3.05, 3.63) is 51.2 Å². The first-order valence-corrected chi connectivity index (χ1v) is 7.00. The molecule has 8 heteroatoms. The van der Waals surface area contributed by atoms with Crippen molar-refractivity contribution in [3.8, 4) is 16.5 Å². The molecule has 0 saturated carbocycles. The molecule has 0 aliphatic heterocycles. The first-order valence-electron chi connectivity index (χ1n) is 6.19. The molecule has 0 amide bonds. The summed E-state index contributed by atoms with van der Waals surface area (Å²) in [4.78, 5) is 32.5. The Balaban J connectivity index is 2.55. The maximum atomic E-state index is 12.2. The molecule has 0 spiro atoms. The van der Waals surface area contributed by atoms with Crippen molar-refractivity contribution in [2.45, 2.75) is 4.90 Å². The number of pyridine rings is 1. The average molecular weight is 311 g/mol. The van der Waals surface area contributed by atoms with Gasteiger partial charge in [-0.3, -0.25) is 9.78 Å². The lowest BCUT2D eigenvalue weighted by Crippen LogP contribution is -2.18. The van der Waals surface area contributed by atoms with Crippen LogP contribution >= 0.6 is 11.8 Å². The summed E-state index contributed by atoms with van der Waals surface area (Å²) in [6, 6.07) is 9.02. The molecule has 0 unspecified atom stereocenters. The molecule has 0 atom stereocenters. The summed E-state index contributed by atoms with van der Waals surface area (Å²) < 4.78 is 0. The third-order valence-electron chi connectivity index (χ3n) is 3.09. The van der Waals surface area contributed by atoms with Gasteiger partial charge in [0.05, 0.1) is 10.3 Å². The highest BCUT2D eigenvalue weighted by Crippen LogP contribution is 2.35. The van der Waals surface area contributed by atoms with E-state index in [-0.39, 0.29) is 16.4 Å². The van der Waals surface area contributed by atoms with E-state index >= 15 is 0 Å². The molecule has 0 saturated heterocycles. The summed E-state index contributed by atoms with van der Waals surface area (Å²) in [5, 5.41) is 11.3. The predicted molar refractivity (Wildman–Crippen MR) is 84.3 cm³/mol. The third-order valence-corrected chi connectivity index (χ3v) is 3.77. The van der Waals surface area contributed by atoms with Crippen molar-refractivity contribution in [2.75, 3.05) is 5.73 Å². The zero-order chi connectivity index (χ0) is 15.7. The number of nitriles is 1. The minimum Gasteiger partial charge on any atom is -0.385 e.